The molecule has 0 aromatic rings. The predicted octanol–water partition coefficient (Wildman–Crippen LogP) is 7.97. The van der Waals surface area contributed by atoms with E-state index in [-0.39, 0.29) is 6.03 Å². The zero-order valence-corrected chi connectivity index (χ0v) is 25.9. The van der Waals surface area contributed by atoms with Crippen molar-refractivity contribution in [1.82, 2.24) is 10.2 Å². The number of methoxy groups -OCH3 is 1. The minimum atomic E-state index is -0.711. The number of nitrogens with one attached hydrogen (secondary N) is 1. The summed E-state index contributed by atoms with van der Waals surface area (Å²) in [5, 5.41) is 11.7. The summed E-state index contributed by atoms with van der Waals surface area (Å²) in [6.45, 7) is 16.3. The third-order valence-electron chi connectivity index (χ3n) is 6.60. The van der Waals surface area contributed by atoms with E-state index >= 15 is 0 Å². The molecule has 0 radical (unpaired) electrons. The lowest BCUT2D eigenvalue weighted by Crippen LogP contribution is -2.52. The van der Waals surface area contributed by atoms with Crippen LogP contribution in [0.15, 0.2) is 22.6 Å². The maximum atomic E-state index is 13.2. The lowest BCUT2D eigenvalue weighted by Gasteiger charge is -2.43. The molecule has 0 unspecified atom stereocenters. The first-order valence-electron chi connectivity index (χ1n) is 14.6. The molecule has 0 spiro atoms. The number of hydrogen-bond acceptors (Lipinski definition) is 5. The van der Waals surface area contributed by atoms with Gasteiger partial charge in [0.15, 0.2) is 0 Å². The van der Waals surface area contributed by atoms with E-state index < -0.39 is 5.97 Å². The van der Waals surface area contributed by atoms with Crippen LogP contribution in [0.5, 0.6) is 0 Å². The number of carboxylic acid groups (broad SMARTS) is 1. The highest BCUT2D eigenvalue weighted by atomic mass is 32.2. The van der Waals surface area contributed by atoms with Crippen LogP contribution in [0.25, 0.3) is 0 Å². The molecule has 2 saturated carbocycles. The fourth-order valence-electron chi connectivity index (χ4n) is 4.65. The number of aliphatic carboxylic acids is 1. The van der Waals surface area contributed by atoms with Gasteiger partial charge in [0.1, 0.15) is 0 Å². The average Bonchev–Trinajstić information content (AvgIpc) is 2.89. The van der Waals surface area contributed by atoms with Crippen molar-refractivity contribution in [2.75, 3.05) is 26.9 Å². The van der Waals surface area contributed by atoms with E-state index in [1.165, 1.54) is 37.4 Å². The largest absolute Gasteiger partial charge is 0.481 e. The van der Waals surface area contributed by atoms with Gasteiger partial charge in [-0.3, -0.25) is 4.79 Å². The van der Waals surface area contributed by atoms with Crippen LogP contribution < -0.4 is 5.32 Å². The first-order valence-corrected chi connectivity index (χ1v) is 15.4. The Morgan fingerprint density at radius 1 is 1.03 bits per heavy atom. The summed E-state index contributed by atoms with van der Waals surface area (Å²) in [5.41, 5.74) is 0. The first-order chi connectivity index (χ1) is 18.2. The predicted molar refractivity (Wildman–Crippen MR) is 160 cm³/mol. The van der Waals surface area contributed by atoms with Gasteiger partial charge in [0.25, 0.3) is 0 Å². The second-order valence-corrected chi connectivity index (χ2v) is 11.5. The molecular weight excluding hydrogens is 500 g/mol. The summed E-state index contributed by atoms with van der Waals surface area (Å²) in [5.74, 6) is -0.111. The third kappa shape index (κ3) is 17.2. The molecule has 7 nitrogen and oxygen atoms in total. The Balaban J connectivity index is 0.00000131. The Bertz CT molecular complexity index is 672. The van der Waals surface area contributed by atoms with Gasteiger partial charge in [-0.2, -0.15) is 0 Å². The normalized spacial score (nSPS) is 19.8. The maximum absolute atomic E-state index is 13.2. The van der Waals surface area contributed by atoms with E-state index in [1.54, 1.807) is 7.11 Å². The lowest BCUT2D eigenvalue weighted by molar-refractivity contribution is -0.137. The van der Waals surface area contributed by atoms with Gasteiger partial charge < -0.3 is 24.8 Å². The molecule has 0 aliphatic heterocycles. The summed E-state index contributed by atoms with van der Waals surface area (Å²) in [6, 6.07) is 0.732. The number of carboxylic acids is 1. The summed E-state index contributed by atoms with van der Waals surface area (Å²) in [6.07, 6.45) is 14.7. The summed E-state index contributed by atoms with van der Waals surface area (Å²) >= 11 is 1.53. The quantitative estimate of drug-likeness (QED) is 0.237. The molecular formula is C30H56N2O5S. The summed E-state index contributed by atoms with van der Waals surface area (Å²) < 4.78 is 10.8. The summed E-state index contributed by atoms with van der Waals surface area (Å²) in [7, 11) is 1.70. The molecule has 2 aliphatic rings. The van der Waals surface area contributed by atoms with E-state index in [0.717, 1.165) is 56.5 Å². The van der Waals surface area contributed by atoms with Crippen molar-refractivity contribution in [3.63, 3.8) is 0 Å². The van der Waals surface area contributed by atoms with E-state index in [9.17, 15) is 9.59 Å². The first kappa shape index (κ1) is 36.5. The van der Waals surface area contributed by atoms with Crippen LogP contribution in [0.1, 0.15) is 112 Å². The standard InChI is InChI=1S/C23H40N2O3S.C4H8O2.C3H8/c1-5-18(2)29-19(3)24-23(26)25(21-9-7-6-8-10-21)22-13-11-20(12-14-22)17-28-16-15-27-4;1-2-3-4(5)6;1-3-2/h5,20-22H,3,6-17H2,1-2,4H3,(H,24,26);2-3H2,1H3,(H,5,6);3H2,1-2H3/b18-5-;;. The van der Waals surface area contributed by atoms with Gasteiger partial charge >= 0.3 is 12.0 Å². The number of carbonyl (C=O) groups excluding carboxylic acids is 1. The second kappa shape index (κ2) is 23.4. The Kier molecular flexibility index (Phi) is 22.5. The number of amides is 2. The van der Waals surface area contributed by atoms with Crippen LogP contribution in [0.4, 0.5) is 4.79 Å². The molecule has 0 saturated heterocycles. The van der Waals surface area contributed by atoms with E-state index in [1.807, 2.05) is 26.8 Å². The SMILES string of the molecule is C=C(NC(=O)N(C1CCCCC1)C1CCC(COCCOC)CC1)S/C(C)=C\C.CCC.CCCC(=O)O. The zero-order valence-electron chi connectivity index (χ0n) is 25.1. The molecule has 222 valence electrons. The fourth-order valence-corrected chi connectivity index (χ4v) is 5.29. The monoisotopic (exact) mass is 556 g/mol. The van der Waals surface area contributed by atoms with Gasteiger partial charge in [-0.25, -0.2) is 4.79 Å². The van der Waals surface area contributed by atoms with Crippen LogP contribution in [-0.2, 0) is 14.3 Å². The van der Waals surface area contributed by atoms with Crippen molar-refractivity contribution in [3.8, 4) is 0 Å². The molecule has 2 fully saturated rings. The Labute approximate surface area is 237 Å². The summed E-state index contributed by atoms with van der Waals surface area (Å²) in [4.78, 5) is 26.2. The number of allylic oxidation sites excluding steroid dienone is 2. The van der Waals surface area contributed by atoms with Gasteiger partial charge in [-0.05, 0) is 69.6 Å². The molecule has 0 heterocycles. The highest BCUT2D eigenvalue weighted by Gasteiger charge is 2.34. The maximum Gasteiger partial charge on any atom is 0.322 e. The molecule has 0 aromatic heterocycles. The van der Waals surface area contributed by atoms with E-state index in [4.69, 9.17) is 14.6 Å². The number of rotatable bonds is 12. The molecule has 2 rings (SSSR count). The van der Waals surface area contributed by atoms with Crippen molar-refractivity contribution in [2.45, 2.75) is 124 Å². The molecule has 0 atom stereocenters. The highest BCUT2D eigenvalue weighted by molar-refractivity contribution is 8.06. The smallest absolute Gasteiger partial charge is 0.322 e. The fraction of sp³-hybridized carbons (Fsp3) is 0.800. The number of hydrogen-bond donors (Lipinski definition) is 2. The van der Waals surface area contributed by atoms with Crippen molar-refractivity contribution in [2.24, 2.45) is 5.92 Å². The van der Waals surface area contributed by atoms with Crippen LogP contribution >= 0.6 is 11.8 Å². The lowest BCUT2D eigenvalue weighted by atomic mass is 9.84. The van der Waals surface area contributed by atoms with Gasteiger partial charge in [0, 0.05) is 32.2 Å². The molecule has 38 heavy (non-hydrogen) atoms. The van der Waals surface area contributed by atoms with Gasteiger partial charge in [0.05, 0.1) is 18.2 Å². The van der Waals surface area contributed by atoms with Crippen LogP contribution in [0.3, 0.4) is 0 Å². The Hall–Kier alpha value is -1.51. The number of nitrogens with zero attached hydrogens (tertiary/aromatic N) is 1. The van der Waals surface area contributed by atoms with Gasteiger partial charge in [-0.15, -0.1) is 0 Å². The topological polar surface area (TPSA) is 88.1 Å². The van der Waals surface area contributed by atoms with Crippen molar-refractivity contribution < 1.29 is 24.2 Å². The van der Waals surface area contributed by atoms with Crippen LogP contribution in [0, 0.1) is 5.92 Å². The van der Waals surface area contributed by atoms with E-state index in [2.05, 4.69) is 30.6 Å². The molecule has 8 heteroatoms. The molecule has 2 amide bonds. The van der Waals surface area contributed by atoms with Gasteiger partial charge in [-0.1, -0.05) is 70.9 Å². The molecule has 2 aliphatic carbocycles. The van der Waals surface area contributed by atoms with Crippen LogP contribution in [0.2, 0.25) is 0 Å². The molecule has 0 aromatic carbocycles. The van der Waals surface area contributed by atoms with Crippen molar-refractivity contribution in [1.29, 1.82) is 0 Å². The number of carbonyl (C=O) groups is 2. The zero-order chi connectivity index (χ0) is 28.8. The van der Waals surface area contributed by atoms with Crippen molar-refractivity contribution >= 4 is 23.8 Å². The van der Waals surface area contributed by atoms with Crippen molar-refractivity contribution in [3.05, 3.63) is 22.6 Å². The van der Waals surface area contributed by atoms with Gasteiger partial charge in [0.2, 0.25) is 0 Å². The highest BCUT2D eigenvalue weighted by Crippen LogP contribution is 2.33. The minimum Gasteiger partial charge on any atom is -0.481 e. The minimum absolute atomic E-state index is 0.0399. The Morgan fingerprint density at radius 2 is 1.61 bits per heavy atom. The number of urea groups is 1. The van der Waals surface area contributed by atoms with Crippen LogP contribution in [-0.4, -0.2) is 61.0 Å². The van der Waals surface area contributed by atoms with E-state index in [0.29, 0.717) is 42.7 Å². The number of ether oxygens (including phenoxy) is 2. The third-order valence-corrected chi connectivity index (χ3v) is 7.50. The average molecular weight is 557 g/mol. The molecule has 0 bridgehead atoms. The second-order valence-electron chi connectivity index (χ2n) is 10.1. The molecule has 2 N–H and O–H groups in total. The Morgan fingerprint density at radius 3 is 2.08 bits per heavy atom. The number of thioether (sulfide) groups is 1.